The third-order valence-corrected chi connectivity index (χ3v) is 33.9. The van der Waals surface area contributed by atoms with Crippen molar-refractivity contribution in [1.29, 1.82) is 0 Å². The molecular formula is C109H145Cl3N18O12. The number of benzene rings is 6. The number of nitrogens with zero attached hydrogens (tertiary/aromatic N) is 6. The highest BCUT2D eigenvalue weighted by Crippen LogP contribution is 2.68. The van der Waals surface area contributed by atoms with Gasteiger partial charge in [0.05, 0.1) is 87.3 Å². The van der Waals surface area contributed by atoms with Gasteiger partial charge in [0.25, 0.3) is 0 Å². The van der Waals surface area contributed by atoms with Gasteiger partial charge >= 0.3 is 18.1 Å². The maximum atomic E-state index is 16.5. The van der Waals surface area contributed by atoms with E-state index in [1.807, 2.05) is 186 Å². The van der Waals surface area contributed by atoms with Crippen LogP contribution in [0.4, 0.5) is 14.4 Å². The molecule has 15 rings (SSSR count). The van der Waals surface area contributed by atoms with E-state index in [0.717, 1.165) is 93.6 Å². The highest BCUT2D eigenvalue weighted by molar-refractivity contribution is 6.32. The highest BCUT2D eigenvalue weighted by atomic mass is 35.5. The largest absolute Gasteiger partial charge is 0.383 e. The third kappa shape index (κ3) is 21.5. The number of amides is 11. The molecule has 0 aliphatic heterocycles. The van der Waals surface area contributed by atoms with E-state index in [9.17, 15) is 24.0 Å². The zero-order valence-electron chi connectivity index (χ0n) is 85.1. The van der Waals surface area contributed by atoms with E-state index in [-0.39, 0.29) is 109 Å². The molecule has 6 aliphatic carbocycles. The number of aromatic amines is 3. The van der Waals surface area contributed by atoms with Crippen molar-refractivity contribution in [2.24, 2.45) is 45.8 Å². The van der Waals surface area contributed by atoms with Crippen LogP contribution in [0.2, 0.25) is 15.1 Å². The van der Waals surface area contributed by atoms with E-state index in [0.29, 0.717) is 141 Å². The molecule has 0 saturated heterocycles. The number of hydrogen-bond donors (Lipinski definition) is 12. The van der Waals surface area contributed by atoms with Crippen molar-refractivity contribution in [2.45, 2.75) is 236 Å². The van der Waals surface area contributed by atoms with Crippen LogP contribution in [-0.4, -0.2) is 224 Å². The molecule has 6 fully saturated rings. The van der Waals surface area contributed by atoms with Crippen molar-refractivity contribution in [3.63, 3.8) is 0 Å². The number of carbonyl (C=O) groups excluding carboxylic acids is 9. The lowest BCUT2D eigenvalue weighted by Gasteiger charge is -2.44. The number of carbonyl (C=O) groups is 9. The number of halogens is 3. The quantitative estimate of drug-likeness (QED) is 0.0158. The standard InChI is InChI=1S/C109H145Cl3N18O12/c1-17-113-59-109(60-131,66-35-30-36-66)127-99(136)108(11,63-142-16)69-45-48-78-83(55-69)119-92(116-78)89(84(103(6)50-51-103)72-37-22-25-40-75(72)110)125-101(138)129(20-4)52-49-70-56-104(70,7)85(73-38-23-26-41-76(73)111)91(94-118-80-47-44-68(54-82(80)121-94)107(10,62-141-15)98(135)123-88(65-33-29-34-65)96(133)115-19-3)126-102(139)130(21-5)58-71-57-105(71,8)86(74-39-24-27-42-77(74)112)90(124-100(137)128(12)13)93-117-79-46-43-67(53-81(79)120-93)106(9,61-140-14)97(134)122-87(64-31-28-32-64)95(132)114-18-2/h22-27,37-48,53-55,60,64-66,70-71,84-91,113H,17-21,28-36,49-52,56-59,61-63H2,1-16H3,(H,114,132)(H,115,133)(H,116,119)(H,117,120)(H,118,121)(H,122,134)(H,123,135)(H,124,137)(H,125,138)(H,126,139)(H,127,136)/t70?,71?,84-,85-,86-,87+,88+,89-,90-,91-,104-,105?,106?,107?,108?,109+/m0/s1. The molecule has 0 spiro atoms. The lowest BCUT2D eigenvalue weighted by Crippen LogP contribution is -2.65. The number of rotatable bonds is 48. The van der Waals surface area contributed by atoms with Crippen molar-refractivity contribution in [3.05, 3.63) is 193 Å². The van der Waals surface area contributed by atoms with Crippen molar-refractivity contribution in [2.75, 3.05) is 108 Å². The van der Waals surface area contributed by atoms with Crippen LogP contribution in [0.15, 0.2) is 127 Å². The zero-order chi connectivity index (χ0) is 102. The molecule has 30 nitrogen and oxygen atoms in total. The van der Waals surface area contributed by atoms with E-state index in [4.69, 9.17) is 64.0 Å². The molecule has 33 heteroatoms. The number of H-pyrrole nitrogens is 3. The Morgan fingerprint density at radius 2 is 0.866 bits per heavy atom. The van der Waals surface area contributed by atoms with Crippen LogP contribution in [-0.2, 0) is 59.2 Å². The minimum Gasteiger partial charge on any atom is -0.383 e. The summed E-state index contributed by atoms with van der Waals surface area (Å²) in [6, 6.07) is 34.8. The second-order valence-electron chi connectivity index (χ2n) is 42.5. The second kappa shape index (κ2) is 44.1. The van der Waals surface area contributed by atoms with Crippen LogP contribution < -0.4 is 47.9 Å². The number of likely N-dealkylation sites (N-methyl/N-ethyl adjacent to an activating group) is 3. The van der Waals surface area contributed by atoms with Gasteiger partial charge < -0.3 is 96.5 Å². The van der Waals surface area contributed by atoms with Gasteiger partial charge in [0.2, 0.25) is 29.5 Å². The van der Waals surface area contributed by atoms with Crippen LogP contribution in [0.3, 0.4) is 0 Å². The first-order valence-corrected chi connectivity index (χ1v) is 52.1. The first-order valence-electron chi connectivity index (χ1n) is 50.9. The highest BCUT2D eigenvalue weighted by Gasteiger charge is 2.62. The molecule has 6 aliphatic rings. The number of aromatic nitrogens is 6. The van der Waals surface area contributed by atoms with Crippen LogP contribution in [0, 0.1) is 45.8 Å². The van der Waals surface area contributed by atoms with Crippen LogP contribution in [0.1, 0.15) is 253 Å². The van der Waals surface area contributed by atoms with E-state index >= 15 is 19.2 Å². The maximum Gasteiger partial charge on any atom is 0.318 e. The Morgan fingerprint density at radius 3 is 1.23 bits per heavy atom. The summed E-state index contributed by atoms with van der Waals surface area (Å²) >= 11 is 22.4. The van der Waals surface area contributed by atoms with E-state index in [1.54, 1.807) is 42.3 Å². The average Bonchev–Trinajstić information content (AvgIpc) is 1.56. The van der Waals surface area contributed by atoms with E-state index in [1.165, 1.54) is 4.90 Å². The summed E-state index contributed by atoms with van der Waals surface area (Å²) in [7, 11) is 7.99. The first-order chi connectivity index (χ1) is 68.0. The molecule has 3 heterocycles. The monoisotopic (exact) mass is 2000 g/mol. The van der Waals surface area contributed by atoms with Gasteiger partial charge in [0.15, 0.2) is 0 Å². The van der Waals surface area contributed by atoms with Crippen molar-refractivity contribution in [3.8, 4) is 0 Å². The predicted octanol–water partition coefficient (Wildman–Crippen LogP) is 16.7. The Bertz CT molecular complexity index is 6070. The molecular weight excluding hydrogens is 1860 g/mol. The fourth-order valence-electron chi connectivity index (χ4n) is 22.7. The minimum absolute atomic E-state index is 0.00113. The summed E-state index contributed by atoms with van der Waals surface area (Å²) in [5.74, 6) is -2.11. The van der Waals surface area contributed by atoms with Gasteiger partial charge in [-0.05, 0) is 259 Å². The number of methoxy groups -OCH3 is 3. The molecule has 0 bridgehead atoms. The predicted molar refractivity (Wildman–Crippen MR) is 554 cm³/mol. The number of nitrogens with one attached hydrogen (secondary N) is 12. The zero-order valence-corrected chi connectivity index (χ0v) is 87.4. The molecule has 142 heavy (non-hydrogen) atoms. The van der Waals surface area contributed by atoms with Gasteiger partial charge in [-0.3, -0.25) is 24.0 Å². The number of ether oxygens (including phenoxy) is 3. The Labute approximate surface area is 848 Å². The second-order valence-corrected chi connectivity index (χ2v) is 43.7. The summed E-state index contributed by atoms with van der Waals surface area (Å²) in [5.41, 5.74) is 1.10. The molecule has 0 radical (unpaired) electrons. The van der Waals surface area contributed by atoms with Crippen LogP contribution in [0.25, 0.3) is 33.1 Å². The summed E-state index contributed by atoms with van der Waals surface area (Å²) in [6.07, 6.45) is 12.2. The molecule has 11 amide bonds. The summed E-state index contributed by atoms with van der Waals surface area (Å²) in [5, 5.41) is 30.8. The van der Waals surface area contributed by atoms with Crippen molar-refractivity contribution >= 4 is 122 Å². The topological polar surface area (TPSA) is 385 Å². The summed E-state index contributed by atoms with van der Waals surface area (Å²) < 4.78 is 17.5. The van der Waals surface area contributed by atoms with E-state index in [2.05, 4.69) is 83.6 Å². The lowest BCUT2D eigenvalue weighted by atomic mass is 9.70. The lowest BCUT2D eigenvalue weighted by molar-refractivity contribution is -0.135. The molecule has 16 atom stereocenters. The summed E-state index contributed by atoms with van der Waals surface area (Å²) in [6.45, 7) is 24.5. The molecule has 764 valence electrons. The molecule has 12 N–H and O–H groups in total. The van der Waals surface area contributed by atoms with Gasteiger partial charge in [-0.15, -0.1) is 0 Å². The molecule has 6 aromatic carbocycles. The molecule has 9 aromatic rings. The number of urea groups is 3. The fraction of sp³-hybridized carbons (Fsp3) is 0.560. The molecule has 6 unspecified atom stereocenters. The van der Waals surface area contributed by atoms with Gasteiger partial charge in [-0.25, -0.2) is 29.3 Å². The number of hydrogen-bond acceptors (Lipinski definition) is 16. The van der Waals surface area contributed by atoms with Crippen molar-refractivity contribution < 1.29 is 57.4 Å². The van der Waals surface area contributed by atoms with Crippen LogP contribution >= 0.6 is 34.8 Å². The molecule has 6 saturated carbocycles. The van der Waals surface area contributed by atoms with E-state index < -0.39 is 86.7 Å². The number of imidazole rings is 3. The van der Waals surface area contributed by atoms with Gasteiger partial charge in [0.1, 0.15) is 41.4 Å². The maximum absolute atomic E-state index is 16.5. The van der Waals surface area contributed by atoms with Gasteiger partial charge in [-0.1, -0.05) is 155 Å². The first kappa shape index (κ1) is 106. The summed E-state index contributed by atoms with van der Waals surface area (Å²) in [4.78, 5) is 165. The normalized spacial score (nSPS) is 21.6. The van der Waals surface area contributed by atoms with Gasteiger partial charge in [-0.2, -0.15) is 0 Å². The smallest absolute Gasteiger partial charge is 0.318 e. The Hall–Kier alpha value is -10.7. The Morgan fingerprint density at radius 1 is 0.486 bits per heavy atom. The van der Waals surface area contributed by atoms with Crippen molar-refractivity contribution in [1.82, 2.24) is 92.5 Å². The Balaban J connectivity index is 0.758. The minimum atomic E-state index is -1.31. The fourth-order valence-corrected chi connectivity index (χ4v) is 23.5. The molecule has 3 aromatic heterocycles. The number of fused-ring (bicyclic) bond motifs is 3. The third-order valence-electron chi connectivity index (χ3n) is 32.9. The SMILES string of the molecule is CCNC[C@](C=O)(NC(=O)C(C)(COC)c1ccc2nc([C@@H](NC(=O)N(CC)CCC3C[C@]3(C)[C@@H](c3ccccc3Cl)[C@H](NC(=O)N(CC)CC3CC3(C)[C@@H](c3ccccc3Cl)[C@H](NC(=O)N(C)C)c3nc4ccc(C(C)(COC)C(=O)N[C@@H](C(=O)NCC)C5CCC5)cc4[nH]3)c3nc4ccc(C(C)(COC)C(=O)N[C@@H](C(=O)NCC)C5CCC5)cc4[nH]3)[C@H](c3ccccc3Cl)C3(C)CC3)[nH]c2c1)C1CCC1. The van der Waals surface area contributed by atoms with Crippen LogP contribution in [0.5, 0.6) is 0 Å². The number of aldehydes is 1. The van der Waals surface area contributed by atoms with Gasteiger partial charge in [0, 0.05) is 114 Å². The Kier molecular flexibility index (Phi) is 32.8. The average molecular weight is 2010 g/mol.